The topological polar surface area (TPSA) is 20.2 Å². The second-order valence-electron chi connectivity index (χ2n) is 2.12. The Kier molecular flexibility index (Phi) is 3.55. The van der Waals surface area contributed by atoms with Gasteiger partial charge in [-0.05, 0) is 20.3 Å². The predicted molar refractivity (Wildman–Crippen MR) is 42.6 cm³/mol. The van der Waals surface area contributed by atoms with Crippen molar-refractivity contribution < 1.29 is 5.11 Å². The van der Waals surface area contributed by atoms with E-state index in [0.717, 1.165) is 0 Å². The Morgan fingerprint density at radius 1 is 1.62 bits per heavy atom. The SMILES string of the molecule is CC(O)CC(C)(Br)Br. The van der Waals surface area contributed by atoms with Crippen molar-refractivity contribution in [3.05, 3.63) is 0 Å². The fraction of sp³-hybridized carbons (Fsp3) is 1.00. The van der Waals surface area contributed by atoms with Gasteiger partial charge in [0.1, 0.15) is 0 Å². The van der Waals surface area contributed by atoms with Crippen LogP contribution in [0.2, 0.25) is 0 Å². The van der Waals surface area contributed by atoms with Crippen LogP contribution >= 0.6 is 31.9 Å². The first-order valence-corrected chi connectivity index (χ1v) is 4.06. The molecule has 0 spiro atoms. The maximum atomic E-state index is 8.83. The summed E-state index contributed by atoms with van der Waals surface area (Å²) in [4.78, 5) is 0. The van der Waals surface area contributed by atoms with Crippen molar-refractivity contribution in [1.29, 1.82) is 0 Å². The van der Waals surface area contributed by atoms with E-state index in [2.05, 4.69) is 31.9 Å². The van der Waals surface area contributed by atoms with Crippen LogP contribution in [0.1, 0.15) is 20.3 Å². The molecule has 1 N–H and O–H groups in total. The standard InChI is InChI=1S/C5H10Br2O/c1-4(8)3-5(2,6)7/h4,8H,3H2,1-2H3. The lowest BCUT2D eigenvalue weighted by atomic mass is 10.2. The first kappa shape index (κ1) is 8.92. The fourth-order valence-corrected chi connectivity index (χ4v) is 1.46. The van der Waals surface area contributed by atoms with E-state index in [9.17, 15) is 0 Å². The summed E-state index contributed by atoms with van der Waals surface area (Å²) in [6, 6.07) is 0. The molecule has 0 amide bonds. The highest BCUT2D eigenvalue weighted by Crippen LogP contribution is 2.30. The largest absolute Gasteiger partial charge is 0.393 e. The molecule has 1 unspecified atom stereocenters. The summed E-state index contributed by atoms with van der Waals surface area (Å²) in [6.45, 7) is 3.72. The van der Waals surface area contributed by atoms with Crippen molar-refractivity contribution in [2.75, 3.05) is 0 Å². The minimum Gasteiger partial charge on any atom is -0.393 e. The number of aliphatic hydroxyl groups is 1. The fourth-order valence-electron chi connectivity index (χ4n) is 0.519. The second-order valence-corrected chi connectivity index (χ2v) is 6.69. The maximum absolute atomic E-state index is 8.83. The van der Waals surface area contributed by atoms with Gasteiger partial charge in [0.05, 0.1) is 9.34 Å². The number of hydrogen-bond donors (Lipinski definition) is 1. The van der Waals surface area contributed by atoms with E-state index in [-0.39, 0.29) is 9.34 Å². The zero-order valence-corrected chi connectivity index (χ0v) is 8.16. The van der Waals surface area contributed by atoms with Crippen LogP contribution in [0.25, 0.3) is 0 Å². The van der Waals surface area contributed by atoms with Gasteiger partial charge in [0.15, 0.2) is 0 Å². The first-order valence-electron chi connectivity index (χ1n) is 2.48. The number of alkyl halides is 2. The Bertz CT molecular complexity index is 65.3. The number of aliphatic hydroxyl groups excluding tert-OH is 1. The van der Waals surface area contributed by atoms with Gasteiger partial charge < -0.3 is 5.11 Å². The molecule has 1 nitrogen and oxygen atoms in total. The maximum Gasteiger partial charge on any atom is 0.0802 e. The lowest BCUT2D eigenvalue weighted by Gasteiger charge is -2.14. The first-order chi connectivity index (χ1) is 3.42. The monoisotopic (exact) mass is 244 g/mol. The minimum atomic E-state index is -0.251. The van der Waals surface area contributed by atoms with Gasteiger partial charge in [-0.1, -0.05) is 31.9 Å². The van der Waals surface area contributed by atoms with E-state index in [4.69, 9.17) is 5.11 Å². The zero-order chi connectivity index (χ0) is 6.78. The number of rotatable bonds is 2. The molecule has 0 aliphatic carbocycles. The molecule has 50 valence electrons. The van der Waals surface area contributed by atoms with Crippen molar-refractivity contribution in [2.24, 2.45) is 0 Å². The van der Waals surface area contributed by atoms with E-state index in [0.29, 0.717) is 6.42 Å². The molecule has 1 atom stereocenters. The van der Waals surface area contributed by atoms with Gasteiger partial charge in [0.25, 0.3) is 0 Å². The highest BCUT2D eigenvalue weighted by molar-refractivity contribution is 9.25. The average molecular weight is 246 g/mol. The van der Waals surface area contributed by atoms with Gasteiger partial charge in [-0.2, -0.15) is 0 Å². The van der Waals surface area contributed by atoms with Crippen LogP contribution in [0.15, 0.2) is 0 Å². The molecule has 0 bridgehead atoms. The van der Waals surface area contributed by atoms with Crippen molar-refractivity contribution in [2.45, 2.75) is 29.6 Å². The Morgan fingerprint density at radius 3 is 2.00 bits per heavy atom. The molecule has 0 aliphatic rings. The van der Waals surface area contributed by atoms with Gasteiger partial charge in [0.2, 0.25) is 0 Å². The van der Waals surface area contributed by atoms with Crippen molar-refractivity contribution in [1.82, 2.24) is 0 Å². The highest BCUT2D eigenvalue weighted by atomic mass is 79.9. The number of hydrogen-bond acceptors (Lipinski definition) is 1. The summed E-state index contributed by atoms with van der Waals surface area (Å²) in [6.07, 6.45) is 0.464. The molecule has 8 heavy (non-hydrogen) atoms. The summed E-state index contributed by atoms with van der Waals surface area (Å²) >= 11 is 6.67. The zero-order valence-electron chi connectivity index (χ0n) is 4.99. The molecular weight excluding hydrogens is 236 g/mol. The number of halogens is 2. The minimum absolute atomic E-state index is 0.103. The van der Waals surface area contributed by atoms with E-state index in [1.165, 1.54) is 0 Å². The molecule has 3 heteroatoms. The second kappa shape index (κ2) is 3.18. The van der Waals surface area contributed by atoms with E-state index < -0.39 is 0 Å². The molecule has 0 aromatic heterocycles. The molecule has 0 rings (SSSR count). The highest BCUT2D eigenvalue weighted by Gasteiger charge is 2.16. The molecule has 0 heterocycles. The van der Waals surface area contributed by atoms with Crippen LogP contribution in [-0.4, -0.2) is 14.4 Å². The molecular formula is C5H10Br2O. The molecule has 0 aromatic carbocycles. The van der Waals surface area contributed by atoms with Gasteiger partial charge in [0, 0.05) is 0 Å². The van der Waals surface area contributed by atoms with Crippen LogP contribution < -0.4 is 0 Å². The van der Waals surface area contributed by atoms with Crippen molar-refractivity contribution in [3.63, 3.8) is 0 Å². The third kappa shape index (κ3) is 6.92. The average Bonchev–Trinajstić information content (AvgIpc) is 1.21. The van der Waals surface area contributed by atoms with Crippen LogP contribution in [-0.2, 0) is 0 Å². The summed E-state index contributed by atoms with van der Waals surface area (Å²) in [5, 5.41) is 8.83. The summed E-state index contributed by atoms with van der Waals surface area (Å²) in [5.41, 5.74) is 0. The van der Waals surface area contributed by atoms with Crippen LogP contribution in [0.5, 0.6) is 0 Å². The molecule has 0 radical (unpaired) electrons. The quantitative estimate of drug-likeness (QED) is 0.741. The van der Waals surface area contributed by atoms with E-state index in [1.807, 2.05) is 6.92 Å². The van der Waals surface area contributed by atoms with Gasteiger partial charge >= 0.3 is 0 Å². The lowest BCUT2D eigenvalue weighted by Crippen LogP contribution is -2.13. The van der Waals surface area contributed by atoms with Gasteiger partial charge in [-0.25, -0.2) is 0 Å². The Labute approximate surface area is 66.7 Å². The van der Waals surface area contributed by atoms with Gasteiger partial charge in [-0.15, -0.1) is 0 Å². The lowest BCUT2D eigenvalue weighted by molar-refractivity contribution is 0.183. The van der Waals surface area contributed by atoms with Crippen LogP contribution in [0.4, 0.5) is 0 Å². The van der Waals surface area contributed by atoms with Crippen LogP contribution in [0.3, 0.4) is 0 Å². The normalized spacial score (nSPS) is 16.1. The third-order valence-electron chi connectivity index (χ3n) is 0.654. The molecule has 0 aromatic rings. The molecule has 0 fully saturated rings. The molecule has 0 saturated heterocycles. The van der Waals surface area contributed by atoms with Crippen LogP contribution in [0, 0.1) is 0 Å². The smallest absolute Gasteiger partial charge is 0.0802 e. The summed E-state index contributed by atoms with van der Waals surface area (Å²) in [7, 11) is 0. The predicted octanol–water partition coefficient (Wildman–Crippen LogP) is 2.26. The third-order valence-corrected chi connectivity index (χ3v) is 1.30. The Balaban J connectivity index is 3.39. The van der Waals surface area contributed by atoms with Crippen molar-refractivity contribution in [3.8, 4) is 0 Å². The summed E-state index contributed by atoms with van der Waals surface area (Å²) < 4.78 is -0.103. The van der Waals surface area contributed by atoms with Gasteiger partial charge in [-0.3, -0.25) is 0 Å². The van der Waals surface area contributed by atoms with E-state index in [1.54, 1.807) is 6.92 Å². The summed E-state index contributed by atoms with van der Waals surface area (Å²) in [5.74, 6) is 0. The molecule has 0 saturated carbocycles. The van der Waals surface area contributed by atoms with Crippen molar-refractivity contribution >= 4 is 31.9 Å². The Hall–Kier alpha value is 0.920. The molecule has 0 aliphatic heterocycles. The van der Waals surface area contributed by atoms with E-state index >= 15 is 0 Å². The Morgan fingerprint density at radius 2 is 2.00 bits per heavy atom.